The SMILES string of the molecule is COCCCCNc1nc(N[C@H]2CC[C@H](N)CC2)nc2c1ncn2C1CCCC1.Cl.Cl. The third-order valence-electron chi connectivity index (χ3n) is 6.31. The Balaban J connectivity index is 0.00000171. The molecule has 176 valence electrons. The molecule has 2 aliphatic carbocycles. The molecule has 2 heterocycles. The summed E-state index contributed by atoms with van der Waals surface area (Å²) in [7, 11) is 1.74. The number of nitrogens with two attached hydrogens (primary N) is 1. The van der Waals surface area contributed by atoms with E-state index in [2.05, 4.69) is 20.2 Å². The molecule has 0 unspecified atom stereocenters. The Hall–Kier alpha value is -1.35. The maximum atomic E-state index is 6.06. The summed E-state index contributed by atoms with van der Waals surface area (Å²) >= 11 is 0. The molecule has 2 aromatic heterocycles. The molecule has 0 atom stereocenters. The average molecular weight is 474 g/mol. The molecule has 4 N–H and O–H groups in total. The maximum Gasteiger partial charge on any atom is 0.227 e. The van der Waals surface area contributed by atoms with E-state index in [1.165, 1.54) is 25.7 Å². The van der Waals surface area contributed by atoms with Gasteiger partial charge < -0.3 is 25.7 Å². The van der Waals surface area contributed by atoms with Crippen molar-refractivity contribution in [2.45, 2.75) is 82.3 Å². The maximum absolute atomic E-state index is 6.06. The van der Waals surface area contributed by atoms with Gasteiger partial charge in [0.15, 0.2) is 17.0 Å². The molecule has 0 saturated heterocycles. The van der Waals surface area contributed by atoms with E-state index in [9.17, 15) is 0 Å². The number of methoxy groups -OCH3 is 1. The van der Waals surface area contributed by atoms with Crippen molar-refractivity contribution < 1.29 is 4.74 Å². The Morgan fingerprint density at radius 2 is 1.81 bits per heavy atom. The first kappa shape index (κ1) is 25.9. The van der Waals surface area contributed by atoms with Gasteiger partial charge in [0.2, 0.25) is 5.95 Å². The first-order valence-electron chi connectivity index (χ1n) is 11.2. The fourth-order valence-corrected chi connectivity index (χ4v) is 4.58. The van der Waals surface area contributed by atoms with Crippen molar-refractivity contribution in [3.63, 3.8) is 0 Å². The lowest BCUT2D eigenvalue weighted by Gasteiger charge is -2.27. The van der Waals surface area contributed by atoms with Gasteiger partial charge in [-0.1, -0.05) is 12.8 Å². The molecule has 10 heteroatoms. The van der Waals surface area contributed by atoms with Crippen LogP contribution in [-0.2, 0) is 4.74 Å². The predicted octanol–water partition coefficient (Wildman–Crippen LogP) is 4.31. The second-order valence-electron chi connectivity index (χ2n) is 8.54. The minimum Gasteiger partial charge on any atom is -0.385 e. The average Bonchev–Trinajstić information content (AvgIpc) is 3.39. The van der Waals surface area contributed by atoms with Gasteiger partial charge in [0, 0.05) is 38.4 Å². The van der Waals surface area contributed by atoms with Crippen LogP contribution in [0.3, 0.4) is 0 Å². The Kier molecular flexibility index (Phi) is 10.6. The lowest BCUT2D eigenvalue weighted by Crippen LogP contribution is -2.33. The van der Waals surface area contributed by atoms with Crippen LogP contribution in [0.5, 0.6) is 0 Å². The van der Waals surface area contributed by atoms with E-state index < -0.39 is 0 Å². The van der Waals surface area contributed by atoms with Crippen LogP contribution in [0.25, 0.3) is 11.2 Å². The van der Waals surface area contributed by atoms with E-state index in [1.54, 1.807) is 7.11 Å². The predicted molar refractivity (Wildman–Crippen MR) is 131 cm³/mol. The number of rotatable bonds is 9. The van der Waals surface area contributed by atoms with Gasteiger partial charge in [0.1, 0.15) is 0 Å². The zero-order chi connectivity index (χ0) is 20.1. The fourth-order valence-electron chi connectivity index (χ4n) is 4.58. The molecule has 2 aliphatic rings. The van der Waals surface area contributed by atoms with Gasteiger partial charge in [-0.05, 0) is 51.4 Å². The van der Waals surface area contributed by atoms with Gasteiger partial charge in [-0.15, -0.1) is 24.8 Å². The molecule has 0 aliphatic heterocycles. The third-order valence-corrected chi connectivity index (χ3v) is 6.31. The highest BCUT2D eigenvalue weighted by atomic mass is 35.5. The summed E-state index contributed by atoms with van der Waals surface area (Å²) in [6, 6.07) is 1.24. The van der Waals surface area contributed by atoms with Gasteiger partial charge in [-0.25, -0.2) is 4.98 Å². The molecule has 0 spiro atoms. The number of halogens is 2. The molecule has 2 saturated carbocycles. The zero-order valence-electron chi connectivity index (χ0n) is 18.4. The highest BCUT2D eigenvalue weighted by Gasteiger charge is 2.23. The van der Waals surface area contributed by atoms with Crippen molar-refractivity contribution in [1.82, 2.24) is 19.5 Å². The standard InChI is InChI=1S/C21H35N7O.2ClH/c1-29-13-5-4-12-23-19-18-20(28(14-24-18)17-6-2-3-7-17)27-21(26-19)25-16-10-8-15(22)9-11-16;;/h14-17H,2-13,22H2,1H3,(H2,23,25,26,27);2*1H/t15-,16-;;. The quantitative estimate of drug-likeness (QED) is 0.466. The minimum atomic E-state index is 0. The van der Waals surface area contributed by atoms with Crippen LogP contribution in [0.15, 0.2) is 6.33 Å². The molecule has 2 aromatic rings. The fraction of sp³-hybridized carbons (Fsp3) is 0.762. The molecular formula is C21H37Cl2N7O. The molecule has 0 aromatic carbocycles. The smallest absolute Gasteiger partial charge is 0.227 e. The highest BCUT2D eigenvalue weighted by molar-refractivity contribution is 5.86. The number of nitrogens with zero attached hydrogens (tertiary/aromatic N) is 4. The van der Waals surface area contributed by atoms with E-state index in [0.29, 0.717) is 24.1 Å². The van der Waals surface area contributed by atoms with Gasteiger partial charge in [0.05, 0.1) is 6.33 Å². The molecule has 0 amide bonds. The van der Waals surface area contributed by atoms with Gasteiger partial charge >= 0.3 is 0 Å². The summed E-state index contributed by atoms with van der Waals surface area (Å²) in [4.78, 5) is 14.4. The topological polar surface area (TPSA) is 103 Å². The molecule has 2 fully saturated rings. The van der Waals surface area contributed by atoms with Crippen LogP contribution in [-0.4, -0.2) is 51.9 Å². The van der Waals surface area contributed by atoms with Crippen LogP contribution < -0.4 is 16.4 Å². The Labute approximate surface area is 197 Å². The van der Waals surface area contributed by atoms with Gasteiger partial charge in [-0.3, -0.25) is 0 Å². The second-order valence-corrected chi connectivity index (χ2v) is 8.54. The summed E-state index contributed by atoms with van der Waals surface area (Å²) in [5.41, 5.74) is 7.89. The third kappa shape index (κ3) is 6.57. The van der Waals surface area contributed by atoms with Crippen molar-refractivity contribution >= 4 is 47.7 Å². The summed E-state index contributed by atoms with van der Waals surface area (Å²) in [5.74, 6) is 1.54. The van der Waals surface area contributed by atoms with Crippen molar-refractivity contribution in [1.29, 1.82) is 0 Å². The van der Waals surface area contributed by atoms with E-state index in [0.717, 1.165) is 68.7 Å². The number of unbranched alkanes of at least 4 members (excludes halogenated alkanes) is 1. The number of imidazole rings is 1. The minimum absolute atomic E-state index is 0. The van der Waals surface area contributed by atoms with E-state index >= 15 is 0 Å². The van der Waals surface area contributed by atoms with Crippen LogP contribution in [0.1, 0.15) is 70.3 Å². The van der Waals surface area contributed by atoms with E-state index in [-0.39, 0.29) is 24.8 Å². The van der Waals surface area contributed by atoms with Crippen molar-refractivity contribution in [3.8, 4) is 0 Å². The lowest BCUT2D eigenvalue weighted by molar-refractivity contribution is 0.194. The first-order valence-corrected chi connectivity index (χ1v) is 11.2. The van der Waals surface area contributed by atoms with Crippen molar-refractivity contribution in [2.75, 3.05) is 30.9 Å². The normalized spacial score (nSPS) is 21.5. The highest BCUT2D eigenvalue weighted by Crippen LogP contribution is 2.33. The molecule has 0 radical (unpaired) electrons. The lowest BCUT2D eigenvalue weighted by atomic mass is 9.92. The zero-order valence-corrected chi connectivity index (χ0v) is 20.0. The summed E-state index contributed by atoms with van der Waals surface area (Å²) < 4.78 is 7.41. The number of anilines is 2. The largest absolute Gasteiger partial charge is 0.385 e. The Morgan fingerprint density at radius 1 is 1.06 bits per heavy atom. The second kappa shape index (κ2) is 12.6. The summed E-state index contributed by atoms with van der Waals surface area (Å²) in [5, 5.41) is 7.07. The van der Waals surface area contributed by atoms with Gasteiger partial charge in [-0.2, -0.15) is 9.97 Å². The van der Waals surface area contributed by atoms with Gasteiger partial charge in [0.25, 0.3) is 0 Å². The molecular weight excluding hydrogens is 437 g/mol. The number of ether oxygens (including phenoxy) is 1. The number of nitrogens with one attached hydrogen (secondary N) is 2. The summed E-state index contributed by atoms with van der Waals surface area (Å²) in [6.07, 6.45) is 13.3. The Morgan fingerprint density at radius 3 is 2.52 bits per heavy atom. The van der Waals surface area contributed by atoms with Crippen LogP contribution in [0.2, 0.25) is 0 Å². The van der Waals surface area contributed by atoms with E-state index in [1.807, 2.05) is 6.33 Å². The molecule has 8 nitrogen and oxygen atoms in total. The van der Waals surface area contributed by atoms with Crippen molar-refractivity contribution in [3.05, 3.63) is 6.33 Å². The first-order chi connectivity index (χ1) is 14.2. The number of fused-ring (bicyclic) bond motifs is 1. The van der Waals surface area contributed by atoms with Crippen LogP contribution in [0.4, 0.5) is 11.8 Å². The Bertz CT molecular complexity index is 789. The molecule has 4 rings (SSSR count). The van der Waals surface area contributed by atoms with E-state index in [4.69, 9.17) is 20.4 Å². The monoisotopic (exact) mass is 473 g/mol. The van der Waals surface area contributed by atoms with Crippen LogP contribution >= 0.6 is 24.8 Å². The molecule has 31 heavy (non-hydrogen) atoms. The van der Waals surface area contributed by atoms with Crippen LogP contribution in [0, 0.1) is 0 Å². The molecule has 0 bridgehead atoms. The number of hydrogen-bond acceptors (Lipinski definition) is 7. The number of hydrogen-bond donors (Lipinski definition) is 3. The summed E-state index contributed by atoms with van der Waals surface area (Å²) in [6.45, 7) is 1.64. The number of aromatic nitrogens is 4. The van der Waals surface area contributed by atoms with Crippen molar-refractivity contribution in [2.24, 2.45) is 5.73 Å².